The molecular weight excluding hydrogens is 228 g/mol. The van der Waals surface area contributed by atoms with Crippen molar-refractivity contribution in [3.8, 4) is 11.1 Å². The lowest BCUT2D eigenvalue weighted by atomic mass is 9.98. The highest BCUT2D eigenvalue weighted by molar-refractivity contribution is 5.76. The maximum atomic E-state index is 10.9. The first-order valence-corrected chi connectivity index (χ1v) is 5.79. The number of hydrogen-bond donors (Lipinski definition) is 1. The highest BCUT2D eigenvalue weighted by Crippen LogP contribution is 2.27. The van der Waals surface area contributed by atoms with Gasteiger partial charge in [-0.2, -0.15) is 5.10 Å². The summed E-state index contributed by atoms with van der Waals surface area (Å²) in [6.45, 7) is 4.07. The molecule has 94 valence electrons. The molecule has 0 radical (unpaired) electrons. The van der Waals surface area contributed by atoms with Crippen molar-refractivity contribution in [1.82, 2.24) is 9.78 Å². The lowest BCUT2D eigenvalue weighted by Crippen LogP contribution is -2.07. The third-order valence-corrected chi connectivity index (χ3v) is 3.05. The van der Waals surface area contributed by atoms with Crippen LogP contribution in [-0.4, -0.2) is 20.9 Å². The SMILES string of the molecule is Cc1ccc(-c2cnn(C)c2CC(=O)O)c(C)c1. The molecular formula is C14H16N2O2. The van der Waals surface area contributed by atoms with E-state index in [-0.39, 0.29) is 6.42 Å². The number of carbonyl (C=O) groups is 1. The van der Waals surface area contributed by atoms with Crippen LogP contribution in [0.4, 0.5) is 0 Å². The van der Waals surface area contributed by atoms with Crippen molar-refractivity contribution in [3.05, 3.63) is 41.2 Å². The van der Waals surface area contributed by atoms with Crippen LogP contribution >= 0.6 is 0 Å². The molecule has 0 aliphatic rings. The van der Waals surface area contributed by atoms with Crippen molar-refractivity contribution in [2.75, 3.05) is 0 Å². The van der Waals surface area contributed by atoms with Crippen molar-refractivity contribution >= 4 is 5.97 Å². The molecule has 0 spiro atoms. The number of aromatic nitrogens is 2. The van der Waals surface area contributed by atoms with E-state index < -0.39 is 5.97 Å². The maximum Gasteiger partial charge on any atom is 0.309 e. The maximum absolute atomic E-state index is 10.9. The fourth-order valence-corrected chi connectivity index (χ4v) is 2.16. The Morgan fingerprint density at radius 2 is 2.06 bits per heavy atom. The van der Waals surface area contributed by atoms with Gasteiger partial charge in [-0.15, -0.1) is 0 Å². The largest absolute Gasteiger partial charge is 0.481 e. The smallest absolute Gasteiger partial charge is 0.309 e. The number of carboxylic acids is 1. The molecule has 0 fully saturated rings. The van der Waals surface area contributed by atoms with E-state index in [9.17, 15) is 4.79 Å². The van der Waals surface area contributed by atoms with E-state index in [4.69, 9.17) is 5.11 Å². The average Bonchev–Trinajstić information content (AvgIpc) is 2.60. The first kappa shape index (κ1) is 12.4. The molecule has 1 aromatic carbocycles. The molecule has 1 heterocycles. The number of nitrogens with zero attached hydrogens (tertiary/aromatic N) is 2. The standard InChI is InChI=1S/C14H16N2O2/c1-9-4-5-11(10(2)6-9)12-8-15-16(3)13(12)7-14(17)18/h4-6,8H,7H2,1-3H3,(H,17,18). The van der Waals surface area contributed by atoms with Gasteiger partial charge in [-0.1, -0.05) is 23.8 Å². The Hall–Kier alpha value is -2.10. The van der Waals surface area contributed by atoms with Gasteiger partial charge in [-0.25, -0.2) is 0 Å². The Kier molecular flexibility index (Phi) is 3.19. The number of aryl methyl sites for hydroxylation is 3. The molecule has 0 aliphatic carbocycles. The van der Waals surface area contributed by atoms with Crippen LogP contribution in [-0.2, 0) is 18.3 Å². The van der Waals surface area contributed by atoms with Gasteiger partial charge in [0, 0.05) is 12.6 Å². The summed E-state index contributed by atoms with van der Waals surface area (Å²) in [5.74, 6) is -0.843. The lowest BCUT2D eigenvalue weighted by Gasteiger charge is -2.08. The number of benzene rings is 1. The molecule has 0 saturated carbocycles. The van der Waals surface area contributed by atoms with Crippen molar-refractivity contribution in [3.63, 3.8) is 0 Å². The minimum Gasteiger partial charge on any atom is -0.481 e. The number of carboxylic acid groups (broad SMARTS) is 1. The second kappa shape index (κ2) is 4.64. The van der Waals surface area contributed by atoms with Gasteiger partial charge < -0.3 is 5.11 Å². The fourth-order valence-electron chi connectivity index (χ4n) is 2.16. The third-order valence-electron chi connectivity index (χ3n) is 3.05. The highest BCUT2D eigenvalue weighted by atomic mass is 16.4. The van der Waals surface area contributed by atoms with Gasteiger partial charge in [0.2, 0.25) is 0 Å². The Morgan fingerprint density at radius 1 is 1.33 bits per heavy atom. The molecule has 0 amide bonds. The predicted octanol–water partition coefficient (Wildman–Crippen LogP) is 2.33. The van der Waals surface area contributed by atoms with Gasteiger partial charge >= 0.3 is 5.97 Å². The summed E-state index contributed by atoms with van der Waals surface area (Å²) in [5, 5.41) is 13.1. The average molecular weight is 244 g/mol. The van der Waals surface area contributed by atoms with Crippen LogP contribution in [0.3, 0.4) is 0 Å². The molecule has 0 bridgehead atoms. The summed E-state index contributed by atoms with van der Waals surface area (Å²) in [4.78, 5) is 10.9. The summed E-state index contributed by atoms with van der Waals surface area (Å²) in [5.41, 5.74) is 5.01. The first-order chi connectivity index (χ1) is 8.49. The summed E-state index contributed by atoms with van der Waals surface area (Å²) in [7, 11) is 1.77. The fraction of sp³-hybridized carbons (Fsp3) is 0.286. The Bertz CT molecular complexity index is 600. The molecule has 4 heteroatoms. The molecule has 18 heavy (non-hydrogen) atoms. The molecule has 0 aliphatic heterocycles. The molecule has 2 aromatic rings. The van der Waals surface area contributed by atoms with Crippen LogP contribution < -0.4 is 0 Å². The van der Waals surface area contributed by atoms with E-state index in [1.54, 1.807) is 17.9 Å². The van der Waals surface area contributed by atoms with Crippen LogP contribution in [0.25, 0.3) is 11.1 Å². The zero-order chi connectivity index (χ0) is 13.3. The van der Waals surface area contributed by atoms with Gasteiger partial charge in [0.05, 0.1) is 18.3 Å². The van der Waals surface area contributed by atoms with Crippen LogP contribution in [0.15, 0.2) is 24.4 Å². The molecule has 0 atom stereocenters. The molecule has 0 unspecified atom stereocenters. The summed E-state index contributed by atoms with van der Waals surface area (Å²) >= 11 is 0. The zero-order valence-corrected chi connectivity index (χ0v) is 10.8. The number of hydrogen-bond acceptors (Lipinski definition) is 2. The van der Waals surface area contributed by atoms with E-state index in [1.165, 1.54) is 5.56 Å². The van der Waals surface area contributed by atoms with Gasteiger partial charge in [0.15, 0.2) is 0 Å². The van der Waals surface area contributed by atoms with Crippen molar-refractivity contribution in [1.29, 1.82) is 0 Å². The minimum absolute atomic E-state index is 0.0147. The molecule has 1 aromatic heterocycles. The van der Waals surface area contributed by atoms with Crippen molar-refractivity contribution in [2.45, 2.75) is 20.3 Å². The van der Waals surface area contributed by atoms with Crippen LogP contribution in [0.1, 0.15) is 16.8 Å². The zero-order valence-electron chi connectivity index (χ0n) is 10.8. The normalized spacial score (nSPS) is 10.6. The van der Waals surface area contributed by atoms with Crippen LogP contribution in [0, 0.1) is 13.8 Å². The van der Waals surface area contributed by atoms with Crippen molar-refractivity contribution in [2.24, 2.45) is 7.05 Å². The van der Waals surface area contributed by atoms with Gasteiger partial charge in [0.1, 0.15) is 0 Å². The lowest BCUT2D eigenvalue weighted by molar-refractivity contribution is -0.136. The van der Waals surface area contributed by atoms with Crippen molar-refractivity contribution < 1.29 is 9.90 Å². The molecule has 0 saturated heterocycles. The van der Waals surface area contributed by atoms with Crippen LogP contribution in [0.5, 0.6) is 0 Å². The number of rotatable bonds is 3. The summed E-state index contributed by atoms with van der Waals surface area (Å²) < 4.78 is 1.63. The first-order valence-electron chi connectivity index (χ1n) is 5.79. The Labute approximate surface area is 106 Å². The van der Waals surface area contributed by atoms with Gasteiger partial charge in [0.25, 0.3) is 0 Å². The van der Waals surface area contributed by atoms with E-state index in [0.717, 1.165) is 22.4 Å². The quantitative estimate of drug-likeness (QED) is 0.901. The predicted molar refractivity (Wildman–Crippen MR) is 69.5 cm³/mol. The van der Waals surface area contributed by atoms with Gasteiger partial charge in [-0.3, -0.25) is 9.48 Å². The number of aliphatic carboxylic acids is 1. The van der Waals surface area contributed by atoms with Crippen LogP contribution in [0.2, 0.25) is 0 Å². The second-order valence-electron chi connectivity index (χ2n) is 4.52. The third kappa shape index (κ3) is 2.27. The molecule has 1 N–H and O–H groups in total. The summed E-state index contributed by atoms with van der Waals surface area (Å²) in [6.07, 6.45) is 1.72. The highest BCUT2D eigenvalue weighted by Gasteiger charge is 2.15. The Balaban J connectivity index is 2.53. The second-order valence-corrected chi connectivity index (χ2v) is 4.52. The van der Waals surface area contributed by atoms with E-state index in [0.29, 0.717) is 0 Å². The summed E-state index contributed by atoms with van der Waals surface area (Å²) in [6, 6.07) is 6.14. The minimum atomic E-state index is -0.843. The van der Waals surface area contributed by atoms with E-state index in [1.807, 2.05) is 26.0 Å². The van der Waals surface area contributed by atoms with E-state index >= 15 is 0 Å². The topological polar surface area (TPSA) is 55.1 Å². The molecule has 2 rings (SSSR count). The van der Waals surface area contributed by atoms with Gasteiger partial charge in [-0.05, 0) is 25.0 Å². The monoisotopic (exact) mass is 244 g/mol. The molecule has 4 nitrogen and oxygen atoms in total. The Morgan fingerprint density at radius 3 is 2.67 bits per heavy atom. The van der Waals surface area contributed by atoms with E-state index in [2.05, 4.69) is 11.2 Å².